The van der Waals surface area contributed by atoms with E-state index < -0.39 is 15.0 Å². The third-order valence-electron chi connectivity index (χ3n) is 1.10. The van der Waals surface area contributed by atoms with Gasteiger partial charge in [-0.3, -0.25) is 0 Å². The van der Waals surface area contributed by atoms with Crippen LogP contribution < -0.4 is 3.58 Å². The van der Waals surface area contributed by atoms with Gasteiger partial charge >= 0.3 is 75.7 Å². The Bertz CT molecular complexity index is 212. The van der Waals surface area contributed by atoms with E-state index in [0.717, 1.165) is 3.58 Å². The van der Waals surface area contributed by atoms with Gasteiger partial charge in [0.25, 0.3) is 0 Å². The van der Waals surface area contributed by atoms with E-state index in [9.17, 15) is 0 Å². The fourth-order valence-corrected chi connectivity index (χ4v) is 4.79. The number of rotatable bonds is 1. The fourth-order valence-electron chi connectivity index (χ4n) is 0.627. The summed E-state index contributed by atoms with van der Waals surface area (Å²) in [5.41, 5.74) is 0. The molecule has 1 aromatic carbocycles. The number of hydrogen-bond donors (Lipinski definition) is 0. The Kier molecular flexibility index (Phi) is 8.01. The first kappa shape index (κ1) is 15.3. The molecule has 6 heteroatoms. The molecular weight excluding hydrogens is 329 g/mol. The van der Waals surface area contributed by atoms with Crippen LogP contribution in [0.15, 0.2) is 30.3 Å². The quantitative estimate of drug-likeness (QED) is 0.683. The first-order valence-corrected chi connectivity index (χ1v) is 15.0. The van der Waals surface area contributed by atoms with E-state index in [1.54, 1.807) is 0 Å². The van der Waals surface area contributed by atoms with Crippen molar-refractivity contribution in [3.05, 3.63) is 30.3 Å². The molecule has 70 valence electrons. The molecule has 0 atom stereocenters. The maximum absolute atomic E-state index is 5.80. The van der Waals surface area contributed by atoms with Crippen molar-refractivity contribution in [2.75, 3.05) is 0 Å². The van der Waals surface area contributed by atoms with Gasteiger partial charge in [0.1, 0.15) is 0 Å². The second-order valence-electron chi connectivity index (χ2n) is 1.86. The van der Waals surface area contributed by atoms with Crippen LogP contribution in [0.1, 0.15) is 0 Å². The van der Waals surface area contributed by atoms with Crippen molar-refractivity contribution >= 4 is 45.3 Å². The average Bonchev–Trinajstić information content (AvgIpc) is 1.88. The second-order valence-corrected chi connectivity index (χ2v) is 21.7. The van der Waals surface area contributed by atoms with E-state index in [0.29, 0.717) is 0 Å². The van der Waals surface area contributed by atoms with Crippen LogP contribution in [0.2, 0.25) is 0 Å². The van der Waals surface area contributed by atoms with Gasteiger partial charge in [-0.25, -0.2) is 0 Å². The van der Waals surface area contributed by atoms with Gasteiger partial charge in [0, 0.05) is 0 Å². The first-order valence-electron chi connectivity index (χ1n) is 2.73. The zero-order chi connectivity index (χ0) is 7.61. The van der Waals surface area contributed by atoms with Crippen LogP contribution in [0.25, 0.3) is 0 Å². The van der Waals surface area contributed by atoms with Gasteiger partial charge in [0.15, 0.2) is 0 Å². The van der Waals surface area contributed by atoms with Crippen LogP contribution >= 0.6 is 26.8 Å². The molecule has 0 aliphatic rings. The summed E-state index contributed by atoms with van der Waals surface area (Å²) >= 11 is -3.30. The molecule has 0 radical (unpaired) electrons. The van der Waals surface area contributed by atoms with Crippen molar-refractivity contribution in [2.24, 2.45) is 0 Å². The Labute approximate surface area is 86.1 Å². The van der Waals surface area contributed by atoms with E-state index in [1.807, 2.05) is 30.3 Å². The molecule has 0 heterocycles. The number of halogens is 3. The molecule has 0 saturated carbocycles. The van der Waals surface area contributed by atoms with Crippen molar-refractivity contribution in [3.63, 3.8) is 0 Å². The number of benzene rings is 1. The van der Waals surface area contributed by atoms with Gasteiger partial charge in [-0.2, -0.15) is 0 Å². The van der Waals surface area contributed by atoms with Gasteiger partial charge in [-0.1, -0.05) is 0 Å². The van der Waals surface area contributed by atoms with Gasteiger partial charge in [0.2, 0.25) is 0 Å². The molecule has 2 nitrogen and oxygen atoms in total. The molecule has 0 unspecified atom stereocenters. The normalized spacial score (nSPS) is 9.58. The summed E-state index contributed by atoms with van der Waals surface area (Å²) in [4.78, 5) is 0. The maximum atomic E-state index is 5.80. The molecule has 0 bridgehead atoms. The van der Waals surface area contributed by atoms with E-state index >= 15 is 0 Å². The Morgan fingerprint density at radius 2 is 1.25 bits per heavy atom. The third-order valence-corrected chi connectivity index (χ3v) is 8.31. The first-order chi connectivity index (χ1) is 4.61. The second kappa shape index (κ2) is 6.29. The van der Waals surface area contributed by atoms with Crippen LogP contribution in [-0.4, -0.2) is 25.9 Å². The summed E-state index contributed by atoms with van der Waals surface area (Å²) in [5, 5.41) is 0. The molecule has 1 rings (SSSR count). The number of hydrogen-bond acceptors (Lipinski definition) is 0. The molecule has 0 fully saturated rings. The zero-order valence-corrected chi connectivity index (χ0v) is 11.1. The van der Waals surface area contributed by atoms with Gasteiger partial charge in [0.05, 0.1) is 0 Å². The summed E-state index contributed by atoms with van der Waals surface area (Å²) in [6.45, 7) is 0. The van der Waals surface area contributed by atoms with E-state index in [-0.39, 0.29) is 11.0 Å². The molecular formula is C6H9Cl3O2Sn. The third kappa shape index (κ3) is 4.74. The predicted molar refractivity (Wildman–Crippen MR) is 56.6 cm³/mol. The van der Waals surface area contributed by atoms with Crippen LogP contribution in [-0.2, 0) is 0 Å². The Hall–Kier alpha value is 0.809. The van der Waals surface area contributed by atoms with Crippen LogP contribution in [0.4, 0.5) is 0 Å². The van der Waals surface area contributed by atoms with Crippen LogP contribution in [0, 0.1) is 0 Å². The Balaban J connectivity index is 0. The zero-order valence-electron chi connectivity index (χ0n) is 6.02. The van der Waals surface area contributed by atoms with Gasteiger partial charge < -0.3 is 11.0 Å². The predicted octanol–water partition coefficient (Wildman–Crippen LogP) is 0.899. The minimum atomic E-state index is -3.30. The van der Waals surface area contributed by atoms with Crippen molar-refractivity contribution in [3.8, 4) is 0 Å². The molecule has 0 spiro atoms. The van der Waals surface area contributed by atoms with Crippen LogP contribution in [0.5, 0.6) is 0 Å². The monoisotopic (exact) mass is 338 g/mol. The molecule has 4 N–H and O–H groups in total. The van der Waals surface area contributed by atoms with Gasteiger partial charge in [-0.05, 0) is 0 Å². The topological polar surface area (TPSA) is 63.0 Å². The Morgan fingerprint density at radius 1 is 0.833 bits per heavy atom. The van der Waals surface area contributed by atoms with E-state index in [2.05, 4.69) is 0 Å². The fraction of sp³-hybridized carbons (Fsp3) is 0. The SMILES string of the molecule is O.O.[Cl][Sn]([Cl])([Cl])[c]1ccccc1. The van der Waals surface area contributed by atoms with Crippen molar-refractivity contribution < 1.29 is 11.0 Å². The summed E-state index contributed by atoms with van der Waals surface area (Å²) in [7, 11) is 17.4. The molecule has 12 heavy (non-hydrogen) atoms. The molecule has 0 aliphatic heterocycles. The summed E-state index contributed by atoms with van der Waals surface area (Å²) in [6.07, 6.45) is 0. The van der Waals surface area contributed by atoms with Crippen molar-refractivity contribution in [1.29, 1.82) is 0 Å². The molecule has 0 aliphatic carbocycles. The molecule has 0 amide bonds. The van der Waals surface area contributed by atoms with Crippen molar-refractivity contribution in [1.82, 2.24) is 0 Å². The molecule has 0 aromatic heterocycles. The van der Waals surface area contributed by atoms with E-state index in [4.69, 9.17) is 26.8 Å². The van der Waals surface area contributed by atoms with Crippen LogP contribution in [0.3, 0.4) is 0 Å². The standard InChI is InChI=1S/C6H5.3ClH.2H2O.Sn/c1-2-4-6-5-3-1;;;;;;/h1-5H;3*1H;2*1H2;/q;;;;;;+3/p-3. The van der Waals surface area contributed by atoms with Crippen molar-refractivity contribution in [2.45, 2.75) is 0 Å². The molecule has 1 aromatic rings. The van der Waals surface area contributed by atoms with Gasteiger partial charge in [-0.15, -0.1) is 0 Å². The average molecular weight is 338 g/mol. The van der Waals surface area contributed by atoms with E-state index in [1.165, 1.54) is 0 Å². The summed E-state index contributed by atoms with van der Waals surface area (Å²) in [5.74, 6) is 0. The summed E-state index contributed by atoms with van der Waals surface area (Å²) in [6, 6.07) is 9.40. The Morgan fingerprint density at radius 3 is 1.50 bits per heavy atom. The minimum absolute atomic E-state index is 0. The molecule has 0 saturated heterocycles. The summed E-state index contributed by atoms with van der Waals surface area (Å²) < 4.78 is 0.904.